The Morgan fingerprint density at radius 2 is 0.772 bits per heavy atom. The Balaban J connectivity index is 5.00. The average molecular weight is 1130 g/mol. The minimum absolute atomic E-state index is 0.0231. The Labute approximate surface area is 490 Å². The number of quaternary nitrogens is 1. The van der Waals surface area contributed by atoms with Crippen LogP contribution in [0.5, 0.6) is 0 Å². The third kappa shape index (κ3) is 60.1. The van der Waals surface area contributed by atoms with Crippen LogP contribution in [0.2, 0.25) is 0 Å². The molecule has 79 heavy (non-hydrogen) atoms. The first-order valence-corrected chi connectivity index (χ1v) is 35.1. The van der Waals surface area contributed by atoms with Crippen molar-refractivity contribution < 1.29 is 37.3 Å². The van der Waals surface area contributed by atoms with E-state index < -0.39 is 20.0 Å². The molecule has 1 N–H and O–H groups in total. The summed E-state index contributed by atoms with van der Waals surface area (Å²) in [6, 6.07) is -0.890. The van der Waals surface area contributed by atoms with Crippen LogP contribution in [0.25, 0.3) is 0 Å². The fourth-order valence-electron chi connectivity index (χ4n) is 9.70. The number of carbonyl (C=O) groups excluding carboxylic acids is 2. The van der Waals surface area contributed by atoms with Gasteiger partial charge in [-0.3, -0.25) is 14.2 Å². The standard InChI is InChI=1S/C69H129N2O7P/c1-7-10-13-16-19-22-25-27-29-30-31-32-33-34-35-36-37-38-39-40-42-44-47-50-53-56-59-62-69(73)78-67(60-57-54-51-48-45-24-21-18-15-12-9-3)66(65-77-79(74,75)76-64-63-71(4,5)6)70-68(72)61-58-55-52-49-46-43-41-28-26-23-20-17-14-11-8-2/h19,22-23,26-27,29,31-32,57,60,66-67H,7-18,20-21,24-25,28,30,33-56,58-59,61-65H2,1-6H3,(H-,70,72,74,75)/b22-19-,26-23-,29-27-,32-31-,60-57-. The first-order valence-electron chi connectivity index (χ1n) is 33.6. The summed E-state index contributed by atoms with van der Waals surface area (Å²) in [6.07, 6.45) is 74.8. The van der Waals surface area contributed by atoms with Crippen LogP contribution in [0.1, 0.15) is 316 Å². The molecule has 0 saturated heterocycles. The predicted molar refractivity (Wildman–Crippen MR) is 339 cm³/mol. The molecule has 0 aliphatic heterocycles. The molecule has 3 unspecified atom stereocenters. The highest BCUT2D eigenvalue weighted by Gasteiger charge is 2.27. The summed E-state index contributed by atoms with van der Waals surface area (Å²) in [5.74, 6) is -0.539. The Morgan fingerprint density at radius 1 is 0.443 bits per heavy atom. The number of phosphoric ester groups is 1. The quantitative estimate of drug-likeness (QED) is 0.0212. The number of allylic oxidation sites excluding steroid dienone is 9. The molecule has 3 atom stereocenters. The molecule has 0 fully saturated rings. The lowest BCUT2D eigenvalue weighted by Crippen LogP contribution is -2.47. The Morgan fingerprint density at radius 3 is 1.20 bits per heavy atom. The van der Waals surface area contributed by atoms with Crippen molar-refractivity contribution >= 4 is 19.7 Å². The van der Waals surface area contributed by atoms with Crippen molar-refractivity contribution in [3.05, 3.63) is 60.8 Å². The third-order valence-corrected chi connectivity index (χ3v) is 15.9. The van der Waals surface area contributed by atoms with Crippen molar-refractivity contribution in [2.24, 2.45) is 0 Å². The molecule has 0 spiro atoms. The fourth-order valence-corrected chi connectivity index (χ4v) is 10.4. The summed E-state index contributed by atoms with van der Waals surface area (Å²) in [4.78, 5) is 40.0. The van der Waals surface area contributed by atoms with E-state index in [1.54, 1.807) is 0 Å². The predicted octanol–water partition coefficient (Wildman–Crippen LogP) is 20.4. The number of nitrogens with one attached hydrogen (secondary N) is 1. The number of phosphoric acid groups is 1. The Bertz CT molecular complexity index is 1540. The zero-order valence-corrected chi connectivity index (χ0v) is 53.7. The summed E-state index contributed by atoms with van der Waals surface area (Å²) >= 11 is 0. The largest absolute Gasteiger partial charge is 0.756 e. The number of unbranched alkanes of at least 4 members (excludes halogenated alkanes) is 37. The molecule has 0 aliphatic rings. The van der Waals surface area contributed by atoms with Crippen molar-refractivity contribution in [3.8, 4) is 0 Å². The fraction of sp³-hybridized carbons (Fsp3) is 0.826. The number of amides is 1. The smallest absolute Gasteiger partial charge is 0.306 e. The van der Waals surface area contributed by atoms with Crippen LogP contribution in [0.3, 0.4) is 0 Å². The lowest BCUT2D eigenvalue weighted by Gasteiger charge is -2.30. The first-order chi connectivity index (χ1) is 38.4. The number of nitrogens with zero attached hydrogens (tertiary/aromatic N) is 1. The molecule has 462 valence electrons. The van der Waals surface area contributed by atoms with Crippen LogP contribution in [0, 0.1) is 0 Å². The van der Waals surface area contributed by atoms with Crippen molar-refractivity contribution in [2.75, 3.05) is 40.9 Å². The van der Waals surface area contributed by atoms with E-state index in [4.69, 9.17) is 13.8 Å². The van der Waals surface area contributed by atoms with Gasteiger partial charge < -0.3 is 28.5 Å². The van der Waals surface area contributed by atoms with Gasteiger partial charge in [-0.05, 0) is 96.0 Å². The number of esters is 1. The van der Waals surface area contributed by atoms with Crippen LogP contribution >= 0.6 is 7.82 Å². The Kier molecular flexibility index (Phi) is 57.2. The molecule has 0 bridgehead atoms. The van der Waals surface area contributed by atoms with Crippen molar-refractivity contribution in [3.63, 3.8) is 0 Å². The van der Waals surface area contributed by atoms with Gasteiger partial charge in [-0.1, -0.05) is 268 Å². The van der Waals surface area contributed by atoms with Gasteiger partial charge in [-0.25, -0.2) is 0 Å². The molecule has 0 aliphatic carbocycles. The minimum Gasteiger partial charge on any atom is -0.756 e. The topological polar surface area (TPSA) is 114 Å². The number of carbonyl (C=O) groups is 2. The van der Waals surface area contributed by atoms with Gasteiger partial charge in [0.25, 0.3) is 7.82 Å². The van der Waals surface area contributed by atoms with E-state index in [1.807, 2.05) is 33.3 Å². The van der Waals surface area contributed by atoms with Crippen molar-refractivity contribution in [2.45, 2.75) is 328 Å². The van der Waals surface area contributed by atoms with Gasteiger partial charge >= 0.3 is 5.97 Å². The molecule has 0 heterocycles. The number of ether oxygens (including phenoxy) is 1. The second-order valence-corrected chi connectivity index (χ2v) is 25.4. The minimum atomic E-state index is -4.70. The normalized spacial score (nSPS) is 14.0. The molecular weight excluding hydrogens is 1000 g/mol. The zero-order valence-electron chi connectivity index (χ0n) is 52.8. The first kappa shape index (κ1) is 76.7. The zero-order chi connectivity index (χ0) is 57.9. The van der Waals surface area contributed by atoms with Gasteiger partial charge in [0.2, 0.25) is 5.91 Å². The maximum Gasteiger partial charge on any atom is 0.306 e. The molecule has 0 aromatic heterocycles. The van der Waals surface area contributed by atoms with Gasteiger partial charge in [-0.2, -0.15) is 0 Å². The van der Waals surface area contributed by atoms with Crippen LogP contribution in [0.15, 0.2) is 60.8 Å². The molecular formula is C69H129N2O7P. The molecule has 9 nitrogen and oxygen atoms in total. The third-order valence-electron chi connectivity index (χ3n) is 14.9. The molecule has 0 radical (unpaired) electrons. The highest BCUT2D eigenvalue weighted by atomic mass is 31.2. The van der Waals surface area contributed by atoms with Gasteiger partial charge in [-0.15, -0.1) is 0 Å². The van der Waals surface area contributed by atoms with Crippen molar-refractivity contribution in [1.82, 2.24) is 5.32 Å². The Hall–Kier alpha value is -2.29. The number of hydrogen-bond donors (Lipinski definition) is 1. The molecule has 1 amide bonds. The van der Waals surface area contributed by atoms with E-state index in [0.29, 0.717) is 17.4 Å². The second-order valence-electron chi connectivity index (χ2n) is 24.0. The molecule has 0 aromatic rings. The maximum absolute atomic E-state index is 13.5. The van der Waals surface area contributed by atoms with E-state index in [1.165, 1.54) is 199 Å². The van der Waals surface area contributed by atoms with E-state index in [0.717, 1.165) is 83.5 Å². The summed E-state index contributed by atoms with van der Waals surface area (Å²) in [7, 11) is 1.19. The number of likely N-dealkylation sites (N-methyl/N-ethyl adjacent to an activating group) is 1. The van der Waals surface area contributed by atoms with E-state index in [9.17, 15) is 19.0 Å². The molecule has 0 saturated carbocycles. The summed E-state index contributed by atoms with van der Waals surface area (Å²) in [5.41, 5.74) is 0. The summed E-state index contributed by atoms with van der Waals surface area (Å²) in [5, 5.41) is 3.03. The SMILES string of the molecule is CCCCC/C=C\C/C=C\C/C=C\CCCCCCCCCCCCCCCCC(=O)OC(/C=C\CCCCCCCCCCC)C(COP(=O)([O-])OCC[N+](C)(C)C)NC(=O)CCCCCCCCC/C=C\CCCCCC. The van der Waals surface area contributed by atoms with Crippen LogP contribution < -0.4 is 10.2 Å². The van der Waals surface area contributed by atoms with Crippen LogP contribution in [-0.4, -0.2) is 69.4 Å². The number of hydrogen-bond acceptors (Lipinski definition) is 7. The van der Waals surface area contributed by atoms with E-state index in [2.05, 4.69) is 74.7 Å². The second kappa shape index (κ2) is 58.9. The lowest BCUT2D eigenvalue weighted by atomic mass is 10.0. The molecule has 10 heteroatoms. The summed E-state index contributed by atoms with van der Waals surface area (Å²) in [6.45, 7) is 6.82. The van der Waals surface area contributed by atoms with Gasteiger partial charge in [0.15, 0.2) is 0 Å². The monoisotopic (exact) mass is 1130 g/mol. The van der Waals surface area contributed by atoms with E-state index in [-0.39, 0.29) is 31.5 Å². The van der Waals surface area contributed by atoms with Gasteiger partial charge in [0.05, 0.1) is 33.8 Å². The lowest BCUT2D eigenvalue weighted by molar-refractivity contribution is -0.870. The molecule has 0 rings (SSSR count). The van der Waals surface area contributed by atoms with Gasteiger partial charge in [0.1, 0.15) is 19.3 Å². The maximum atomic E-state index is 13.5. The van der Waals surface area contributed by atoms with Crippen LogP contribution in [-0.2, 0) is 27.9 Å². The van der Waals surface area contributed by atoms with Gasteiger partial charge in [0, 0.05) is 12.8 Å². The summed E-state index contributed by atoms with van der Waals surface area (Å²) < 4.78 is 30.3. The van der Waals surface area contributed by atoms with Crippen molar-refractivity contribution in [1.29, 1.82) is 0 Å². The highest BCUT2D eigenvalue weighted by molar-refractivity contribution is 7.45. The number of rotatable bonds is 61. The average Bonchev–Trinajstić information content (AvgIpc) is 3.41. The molecule has 0 aromatic carbocycles. The van der Waals surface area contributed by atoms with Crippen LogP contribution in [0.4, 0.5) is 0 Å². The highest BCUT2D eigenvalue weighted by Crippen LogP contribution is 2.38. The van der Waals surface area contributed by atoms with E-state index >= 15 is 0 Å².